The van der Waals surface area contributed by atoms with Gasteiger partial charge in [0.25, 0.3) is 0 Å². The summed E-state index contributed by atoms with van der Waals surface area (Å²) in [4.78, 5) is 0. The monoisotopic (exact) mass is 234 g/mol. The van der Waals surface area contributed by atoms with Crippen molar-refractivity contribution in [3.8, 4) is 5.75 Å². The minimum absolute atomic E-state index is 0.265. The van der Waals surface area contributed by atoms with Gasteiger partial charge in [-0.25, -0.2) is 0 Å². The van der Waals surface area contributed by atoms with Gasteiger partial charge in [-0.1, -0.05) is 23.8 Å². The van der Waals surface area contributed by atoms with Crippen LogP contribution in [0.3, 0.4) is 0 Å². The molecule has 0 fully saturated rings. The normalized spacial score (nSPS) is 12.0. The Bertz CT molecular complexity index is 348. The van der Waals surface area contributed by atoms with Crippen LogP contribution in [0.5, 0.6) is 5.75 Å². The maximum atomic E-state index is 9.88. The molecule has 0 radical (unpaired) electrons. The molecule has 2 nitrogen and oxygen atoms in total. The second kappa shape index (κ2) is 7.13. The molecule has 0 aliphatic heterocycles. The van der Waals surface area contributed by atoms with Crippen molar-refractivity contribution in [2.45, 2.75) is 39.2 Å². The lowest BCUT2D eigenvalue weighted by molar-refractivity contribution is 0.166. The highest BCUT2D eigenvalue weighted by molar-refractivity contribution is 5.27. The highest BCUT2D eigenvalue weighted by Crippen LogP contribution is 2.14. The topological polar surface area (TPSA) is 29.5 Å². The first-order chi connectivity index (χ1) is 8.11. The molecule has 0 saturated carbocycles. The summed E-state index contributed by atoms with van der Waals surface area (Å²) >= 11 is 0. The van der Waals surface area contributed by atoms with E-state index in [4.69, 9.17) is 4.74 Å². The number of hydrogen-bond acceptors (Lipinski definition) is 2. The molecule has 94 valence electrons. The first-order valence-electron chi connectivity index (χ1n) is 6.06. The van der Waals surface area contributed by atoms with E-state index in [1.807, 2.05) is 24.3 Å². The third kappa shape index (κ3) is 5.55. The molecule has 0 heterocycles. The average Bonchev–Trinajstić information content (AvgIpc) is 2.29. The fourth-order valence-electron chi connectivity index (χ4n) is 1.70. The van der Waals surface area contributed by atoms with Crippen molar-refractivity contribution in [3.05, 3.63) is 41.5 Å². The van der Waals surface area contributed by atoms with E-state index >= 15 is 0 Å². The highest BCUT2D eigenvalue weighted by Gasteiger charge is 2.04. The molecule has 1 N–H and O–H groups in total. The molecule has 1 unspecified atom stereocenters. The number of hydrogen-bond donors (Lipinski definition) is 1. The maximum Gasteiger partial charge on any atom is 0.118 e. The summed E-state index contributed by atoms with van der Waals surface area (Å²) in [6, 6.07) is 7.86. The zero-order valence-corrected chi connectivity index (χ0v) is 10.9. The summed E-state index contributed by atoms with van der Waals surface area (Å²) in [5, 5.41) is 9.88. The Labute approximate surface area is 104 Å². The predicted octanol–water partition coefficient (Wildman–Crippen LogP) is 3.35. The fourth-order valence-corrected chi connectivity index (χ4v) is 1.70. The number of methoxy groups -OCH3 is 1. The number of aliphatic hydroxyl groups excluding tert-OH is 1. The Morgan fingerprint density at radius 3 is 2.47 bits per heavy atom. The Morgan fingerprint density at radius 2 is 1.94 bits per heavy atom. The molecular formula is C15H22O2. The SMILES string of the molecule is COc1ccc(CC(O)CCC=C(C)C)cc1. The molecule has 0 saturated heterocycles. The van der Waals surface area contributed by atoms with E-state index in [-0.39, 0.29) is 6.10 Å². The second-order valence-electron chi connectivity index (χ2n) is 4.56. The summed E-state index contributed by atoms with van der Waals surface area (Å²) in [7, 11) is 1.66. The molecule has 2 heteroatoms. The summed E-state index contributed by atoms with van der Waals surface area (Å²) in [5.74, 6) is 0.854. The average molecular weight is 234 g/mol. The summed E-state index contributed by atoms with van der Waals surface area (Å²) in [5.41, 5.74) is 2.46. The van der Waals surface area contributed by atoms with Crippen LogP contribution in [0.2, 0.25) is 0 Å². The van der Waals surface area contributed by atoms with Crippen molar-refractivity contribution >= 4 is 0 Å². The lowest BCUT2D eigenvalue weighted by atomic mass is 10.0. The molecule has 0 aromatic heterocycles. The van der Waals surface area contributed by atoms with Crippen LogP contribution in [0.15, 0.2) is 35.9 Å². The molecule has 1 aromatic carbocycles. The van der Waals surface area contributed by atoms with Crippen molar-refractivity contribution in [2.24, 2.45) is 0 Å². The third-order valence-corrected chi connectivity index (χ3v) is 2.68. The van der Waals surface area contributed by atoms with E-state index < -0.39 is 0 Å². The van der Waals surface area contributed by atoms with Crippen molar-refractivity contribution in [1.29, 1.82) is 0 Å². The molecule has 0 amide bonds. The van der Waals surface area contributed by atoms with Crippen LogP contribution in [0, 0.1) is 0 Å². The highest BCUT2D eigenvalue weighted by atomic mass is 16.5. The number of benzene rings is 1. The van der Waals surface area contributed by atoms with Gasteiger partial charge in [0.15, 0.2) is 0 Å². The van der Waals surface area contributed by atoms with Crippen LogP contribution in [0.25, 0.3) is 0 Å². The van der Waals surface area contributed by atoms with Gasteiger partial charge >= 0.3 is 0 Å². The van der Waals surface area contributed by atoms with Crippen LogP contribution >= 0.6 is 0 Å². The standard InChI is InChI=1S/C15H22O2/c1-12(2)5-4-6-14(16)11-13-7-9-15(17-3)10-8-13/h5,7-10,14,16H,4,6,11H2,1-3H3. The van der Waals surface area contributed by atoms with Crippen molar-refractivity contribution in [3.63, 3.8) is 0 Å². The van der Waals surface area contributed by atoms with Crippen LogP contribution < -0.4 is 4.74 Å². The summed E-state index contributed by atoms with van der Waals surface area (Å²) < 4.78 is 5.10. The molecule has 1 atom stereocenters. The van der Waals surface area contributed by atoms with Gasteiger partial charge in [-0.3, -0.25) is 0 Å². The quantitative estimate of drug-likeness (QED) is 0.765. The van der Waals surface area contributed by atoms with E-state index in [1.54, 1.807) is 7.11 Å². The maximum absolute atomic E-state index is 9.88. The van der Waals surface area contributed by atoms with Gasteiger partial charge in [-0.05, 0) is 50.8 Å². The first kappa shape index (κ1) is 13.8. The Hall–Kier alpha value is -1.28. The van der Waals surface area contributed by atoms with E-state index in [2.05, 4.69) is 19.9 Å². The first-order valence-corrected chi connectivity index (χ1v) is 6.06. The summed E-state index contributed by atoms with van der Waals surface area (Å²) in [6.07, 6.45) is 4.37. The van der Waals surface area contributed by atoms with Gasteiger partial charge in [0, 0.05) is 0 Å². The molecule has 0 aliphatic rings. The molecule has 17 heavy (non-hydrogen) atoms. The number of rotatable bonds is 6. The van der Waals surface area contributed by atoms with Crippen LogP contribution in [-0.4, -0.2) is 18.3 Å². The number of ether oxygens (including phenoxy) is 1. The van der Waals surface area contributed by atoms with Crippen molar-refractivity contribution in [1.82, 2.24) is 0 Å². The van der Waals surface area contributed by atoms with Crippen molar-refractivity contribution in [2.75, 3.05) is 7.11 Å². The van der Waals surface area contributed by atoms with Gasteiger partial charge in [0.05, 0.1) is 13.2 Å². The Morgan fingerprint density at radius 1 is 1.29 bits per heavy atom. The fraction of sp³-hybridized carbons (Fsp3) is 0.467. The van der Waals surface area contributed by atoms with Gasteiger partial charge in [-0.15, -0.1) is 0 Å². The smallest absolute Gasteiger partial charge is 0.118 e. The molecular weight excluding hydrogens is 212 g/mol. The number of aliphatic hydroxyl groups is 1. The minimum Gasteiger partial charge on any atom is -0.497 e. The molecule has 0 aliphatic carbocycles. The Kier molecular flexibility index (Phi) is 5.78. The van der Waals surface area contributed by atoms with E-state index in [0.29, 0.717) is 6.42 Å². The lowest BCUT2D eigenvalue weighted by Gasteiger charge is -2.10. The number of allylic oxidation sites excluding steroid dienone is 2. The van der Waals surface area contributed by atoms with E-state index in [1.165, 1.54) is 5.57 Å². The molecule has 1 aromatic rings. The second-order valence-corrected chi connectivity index (χ2v) is 4.56. The van der Waals surface area contributed by atoms with E-state index in [9.17, 15) is 5.11 Å². The largest absolute Gasteiger partial charge is 0.497 e. The van der Waals surface area contributed by atoms with Crippen LogP contribution in [0.4, 0.5) is 0 Å². The predicted molar refractivity (Wildman–Crippen MR) is 71.4 cm³/mol. The lowest BCUT2D eigenvalue weighted by Crippen LogP contribution is -2.09. The third-order valence-electron chi connectivity index (χ3n) is 2.68. The van der Waals surface area contributed by atoms with Crippen molar-refractivity contribution < 1.29 is 9.84 Å². The van der Waals surface area contributed by atoms with Crippen LogP contribution in [0.1, 0.15) is 32.3 Å². The molecule has 1 rings (SSSR count). The van der Waals surface area contributed by atoms with Gasteiger partial charge in [0.1, 0.15) is 5.75 Å². The molecule has 0 spiro atoms. The van der Waals surface area contributed by atoms with Gasteiger partial charge < -0.3 is 9.84 Å². The Balaban J connectivity index is 2.39. The van der Waals surface area contributed by atoms with Gasteiger partial charge in [0.2, 0.25) is 0 Å². The van der Waals surface area contributed by atoms with E-state index in [0.717, 1.165) is 24.2 Å². The minimum atomic E-state index is -0.265. The van der Waals surface area contributed by atoms with Crippen LogP contribution in [-0.2, 0) is 6.42 Å². The van der Waals surface area contributed by atoms with Gasteiger partial charge in [-0.2, -0.15) is 0 Å². The summed E-state index contributed by atoms with van der Waals surface area (Å²) in [6.45, 7) is 4.16. The zero-order chi connectivity index (χ0) is 12.7. The zero-order valence-electron chi connectivity index (χ0n) is 10.9. The molecule has 0 bridgehead atoms.